The van der Waals surface area contributed by atoms with E-state index in [2.05, 4.69) is 5.32 Å². The van der Waals surface area contributed by atoms with Crippen molar-refractivity contribution in [3.63, 3.8) is 0 Å². The molecule has 0 bridgehead atoms. The van der Waals surface area contributed by atoms with E-state index in [9.17, 15) is 4.79 Å². The maximum atomic E-state index is 12.1. The van der Waals surface area contributed by atoms with Crippen LogP contribution in [0, 0.1) is 6.92 Å². The summed E-state index contributed by atoms with van der Waals surface area (Å²) in [4.78, 5) is 12.1. The van der Waals surface area contributed by atoms with E-state index in [0.29, 0.717) is 17.9 Å². The van der Waals surface area contributed by atoms with Gasteiger partial charge in [-0.3, -0.25) is 4.79 Å². The Morgan fingerprint density at radius 1 is 1.20 bits per heavy atom. The maximum Gasteiger partial charge on any atom is 0.255 e. The number of hydrogen-bond acceptors (Lipinski definition) is 3. The first-order valence-electron chi connectivity index (χ1n) is 6.50. The first kappa shape index (κ1) is 13.9. The molecule has 0 fully saturated rings. The monoisotopic (exact) mass is 270 g/mol. The van der Waals surface area contributed by atoms with Crippen molar-refractivity contribution in [3.05, 3.63) is 53.6 Å². The molecule has 104 valence electrons. The predicted octanol–water partition coefficient (Wildman–Crippen LogP) is 3.23. The number of hydrogen-bond donors (Lipinski definition) is 2. The van der Waals surface area contributed by atoms with Crippen LogP contribution in [-0.2, 0) is 0 Å². The van der Waals surface area contributed by atoms with Gasteiger partial charge in [-0.25, -0.2) is 0 Å². The zero-order valence-electron chi connectivity index (χ0n) is 11.6. The highest BCUT2D eigenvalue weighted by atomic mass is 16.5. The van der Waals surface area contributed by atoms with E-state index in [0.717, 1.165) is 17.0 Å². The Hall–Kier alpha value is -2.49. The molecule has 0 radical (unpaired) electrons. The van der Waals surface area contributed by atoms with Crippen molar-refractivity contribution in [3.8, 4) is 5.75 Å². The van der Waals surface area contributed by atoms with Crippen LogP contribution in [0.4, 0.5) is 11.4 Å². The van der Waals surface area contributed by atoms with E-state index in [1.54, 1.807) is 36.4 Å². The van der Waals surface area contributed by atoms with Crippen LogP contribution in [-0.4, -0.2) is 12.5 Å². The Morgan fingerprint density at radius 2 is 1.90 bits per heavy atom. The molecular weight excluding hydrogens is 252 g/mol. The van der Waals surface area contributed by atoms with Gasteiger partial charge >= 0.3 is 0 Å². The van der Waals surface area contributed by atoms with Crippen molar-refractivity contribution in [2.45, 2.75) is 13.8 Å². The van der Waals surface area contributed by atoms with Crippen LogP contribution >= 0.6 is 0 Å². The number of ether oxygens (including phenoxy) is 1. The van der Waals surface area contributed by atoms with Crippen molar-refractivity contribution in [1.29, 1.82) is 0 Å². The normalized spacial score (nSPS) is 10.1. The van der Waals surface area contributed by atoms with Gasteiger partial charge in [-0.15, -0.1) is 0 Å². The lowest BCUT2D eigenvalue weighted by molar-refractivity contribution is 0.102. The number of anilines is 2. The van der Waals surface area contributed by atoms with Gasteiger partial charge < -0.3 is 15.8 Å². The minimum Gasteiger partial charge on any atom is -0.494 e. The number of nitrogens with two attached hydrogens (primary N) is 1. The fraction of sp³-hybridized carbons (Fsp3) is 0.188. The van der Waals surface area contributed by atoms with Crippen molar-refractivity contribution < 1.29 is 9.53 Å². The van der Waals surface area contributed by atoms with Crippen molar-refractivity contribution >= 4 is 17.3 Å². The zero-order chi connectivity index (χ0) is 14.5. The smallest absolute Gasteiger partial charge is 0.255 e. The maximum absolute atomic E-state index is 12.1. The summed E-state index contributed by atoms with van der Waals surface area (Å²) in [5, 5.41) is 2.87. The number of carbonyl (C=O) groups is 1. The lowest BCUT2D eigenvalue weighted by Gasteiger charge is -2.09. The molecule has 2 aromatic carbocycles. The molecule has 0 aliphatic rings. The van der Waals surface area contributed by atoms with Crippen LogP contribution in [0.3, 0.4) is 0 Å². The van der Waals surface area contributed by atoms with Crippen LogP contribution in [0.2, 0.25) is 0 Å². The van der Waals surface area contributed by atoms with E-state index >= 15 is 0 Å². The van der Waals surface area contributed by atoms with E-state index in [-0.39, 0.29) is 5.91 Å². The van der Waals surface area contributed by atoms with Crippen LogP contribution in [0.25, 0.3) is 0 Å². The molecule has 0 unspecified atom stereocenters. The Morgan fingerprint density at radius 3 is 2.50 bits per heavy atom. The number of rotatable bonds is 4. The second-order valence-corrected chi connectivity index (χ2v) is 4.49. The van der Waals surface area contributed by atoms with Gasteiger partial charge in [0.25, 0.3) is 5.91 Å². The van der Waals surface area contributed by atoms with E-state index in [1.807, 2.05) is 19.9 Å². The highest BCUT2D eigenvalue weighted by molar-refractivity contribution is 6.04. The summed E-state index contributed by atoms with van der Waals surface area (Å²) in [6.45, 7) is 4.44. The summed E-state index contributed by atoms with van der Waals surface area (Å²) in [6.07, 6.45) is 0. The molecule has 0 aliphatic heterocycles. The Bertz CT molecular complexity index is 606. The average Bonchev–Trinajstić information content (AvgIpc) is 2.43. The Labute approximate surface area is 118 Å². The van der Waals surface area contributed by atoms with Crippen LogP contribution < -0.4 is 15.8 Å². The van der Waals surface area contributed by atoms with Crippen LogP contribution in [0.1, 0.15) is 22.8 Å². The highest BCUT2D eigenvalue weighted by Gasteiger charge is 2.08. The molecule has 4 heteroatoms. The Balaban J connectivity index is 2.11. The summed E-state index contributed by atoms with van der Waals surface area (Å²) in [6, 6.07) is 12.5. The third kappa shape index (κ3) is 3.29. The molecule has 3 N–H and O–H groups in total. The summed E-state index contributed by atoms with van der Waals surface area (Å²) >= 11 is 0. The molecule has 2 aromatic rings. The number of nitrogen functional groups attached to an aromatic ring is 1. The molecule has 0 saturated heterocycles. The molecule has 0 heterocycles. The number of nitrogens with one attached hydrogen (secondary N) is 1. The molecule has 20 heavy (non-hydrogen) atoms. The first-order chi connectivity index (χ1) is 9.60. The number of carbonyl (C=O) groups excluding carboxylic acids is 1. The molecule has 0 aliphatic carbocycles. The number of amides is 1. The van der Waals surface area contributed by atoms with Gasteiger partial charge in [0.15, 0.2) is 0 Å². The molecule has 4 nitrogen and oxygen atoms in total. The summed E-state index contributed by atoms with van der Waals surface area (Å²) < 4.78 is 5.35. The first-order valence-corrected chi connectivity index (χ1v) is 6.50. The van der Waals surface area contributed by atoms with Crippen molar-refractivity contribution in [2.75, 3.05) is 17.7 Å². The van der Waals surface area contributed by atoms with Gasteiger partial charge in [0.05, 0.1) is 6.61 Å². The van der Waals surface area contributed by atoms with Gasteiger partial charge in [0.1, 0.15) is 5.75 Å². The topological polar surface area (TPSA) is 64.3 Å². The largest absolute Gasteiger partial charge is 0.494 e. The van der Waals surface area contributed by atoms with Crippen molar-refractivity contribution in [2.24, 2.45) is 0 Å². The second-order valence-electron chi connectivity index (χ2n) is 4.49. The van der Waals surface area contributed by atoms with Gasteiger partial charge in [0, 0.05) is 16.9 Å². The molecule has 0 saturated carbocycles. The third-order valence-corrected chi connectivity index (χ3v) is 2.93. The second kappa shape index (κ2) is 6.10. The minimum absolute atomic E-state index is 0.152. The molecule has 1 amide bonds. The fourth-order valence-corrected chi connectivity index (χ4v) is 1.89. The van der Waals surface area contributed by atoms with Crippen LogP contribution in [0.15, 0.2) is 42.5 Å². The van der Waals surface area contributed by atoms with E-state index < -0.39 is 0 Å². The SMILES string of the molecule is CCOc1ccc(C(=O)Nc2ccc(N)cc2C)cc1. The summed E-state index contributed by atoms with van der Waals surface area (Å²) in [5.41, 5.74) is 8.65. The lowest BCUT2D eigenvalue weighted by atomic mass is 10.1. The predicted molar refractivity (Wildman–Crippen MR) is 81.2 cm³/mol. The van der Waals surface area contributed by atoms with E-state index in [1.165, 1.54) is 0 Å². The number of aryl methyl sites for hydroxylation is 1. The summed E-state index contributed by atoms with van der Waals surface area (Å²) in [5.74, 6) is 0.605. The third-order valence-electron chi connectivity index (χ3n) is 2.93. The molecule has 2 rings (SSSR count). The minimum atomic E-state index is -0.152. The lowest BCUT2D eigenvalue weighted by Crippen LogP contribution is -2.12. The van der Waals surface area contributed by atoms with Gasteiger partial charge in [-0.1, -0.05) is 0 Å². The van der Waals surface area contributed by atoms with Crippen molar-refractivity contribution in [1.82, 2.24) is 0 Å². The number of benzene rings is 2. The quantitative estimate of drug-likeness (QED) is 0.838. The van der Waals surface area contributed by atoms with Crippen LogP contribution in [0.5, 0.6) is 5.75 Å². The van der Waals surface area contributed by atoms with Gasteiger partial charge in [-0.2, -0.15) is 0 Å². The standard InChI is InChI=1S/C16H18N2O2/c1-3-20-14-7-4-12(5-8-14)16(19)18-15-9-6-13(17)10-11(15)2/h4-10H,3,17H2,1-2H3,(H,18,19). The highest BCUT2D eigenvalue weighted by Crippen LogP contribution is 2.19. The molecule has 0 atom stereocenters. The average molecular weight is 270 g/mol. The Kier molecular flexibility index (Phi) is 4.25. The van der Waals surface area contributed by atoms with E-state index in [4.69, 9.17) is 10.5 Å². The molecule has 0 spiro atoms. The zero-order valence-corrected chi connectivity index (χ0v) is 11.6. The van der Waals surface area contributed by atoms with Gasteiger partial charge in [0.2, 0.25) is 0 Å². The fourth-order valence-electron chi connectivity index (χ4n) is 1.89. The summed E-state index contributed by atoms with van der Waals surface area (Å²) in [7, 11) is 0. The molecule has 0 aromatic heterocycles. The molecular formula is C16H18N2O2. The van der Waals surface area contributed by atoms with Gasteiger partial charge in [-0.05, 0) is 61.9 Å².